The van der Waals surface area contributed by atoms with Crippen molar-refractivity contribution in [2.45, 2.75) is 25.8 Å². The first kappa shape index (κ1) is 21.7. The van der Waals surface area contributed by atoms with Crippen LogP contribution in [-0.4, -0.2) is 38.8 Å². The molecule has 2 heterocycles. The van der Waals surface area contributed by atoms with Crippen molar-refractivity contribution in [2.24, 2.45) is 5.92 Å². The van der Waals surface area contributed by atoms with Crippen LogP contribution in [0.1, 0.15) is 47.4 Å². The minimum absolute atomic E-state index is 0.124. The molecule has 1 amide bonds. The molecule has 1 atom stereocenters. The summed E-state index contributed by atoms with van der Waals surface area (Å²) in [6, 6.07) is 11.3. The van der Waals surface area contributed by atoms with Crippen molar-refractivity contribution < 1.29 is 18.7 Å². The largest absolute Gasteiger partial charge is 0.502 e. The topological polar surface area (TPSA) is 75.4 Å². The molecule has 3 aromatic rings. The molecule has 0 bridgehead atoms. The lowest BCUT2D eigenvalue weighted by Crippen LogP contribution is -2.48. The Hall–Kier alpha value is -3.55. The van der Waals surface area contributed by atoms with Crippen LogP contribution in [0.5, 0.6) is 5.75 Å². The molecule has 0 saturated heterocycles. The van der Waals surface area contributed by atoms with Crippen LogP contribution in [0, 0.1) is 17.6 Å². The van der Waals surface area contributed by atoms with Gasteiger partial charge in [0.1, 0.15) is 11.6 Å². The van der Waals surface area contributed by atoms with Crippen molar-refractivity contribution in [3.63, 3.8) is 0 Å². The summed E-state index contributed by atoms with van der Waals surface area (Å²) < 4.78 is 29.7. The SMILES string of the molecule is CC(C)CN1C[C@H](C(c2cccc(F)c2)c2cccc(F)c2)n2ncc(=O)c(O)c2C1=O. The lowest BCUT2D eigenvalue weighted by molar-refractivity contribution is 0.0609. The predicted molar refractivity (Wildman–Crippen MR) is 115 cm³/mol. The molecule has 166 valence electrons. The van der Waals surface area contributed by atoms with Gasteiger partial charge in [-0.25, -0.2) is 8.78 Å². The fourth-order valence-corrected chi connectivity index (χ4v) is 4.33. The lowest BCUT2D eigenvalue weighted by atomic mass is 9.83. The van der Waals surface area contributed by atoms with Crippen LogP contribution in [0.4, 0.5) is 8.78 Å². The minimum atomic E-state index is -0.761. The van der Waals surface area contributed by atoms with Crippen LogP contribution >= 0.6 is 0 Å². The van der Waals surface area contributed by atoms with E-state index in [1.807, 2.05) is 13.8 Å². The number of rotatable bonds is 5. The van der Waals surface area contributed by atoms with Gasteiger partial charge in [-0.2, -0.15) is 5.10 Å². The Morgan fingerprint density at radius 1 is 1.06 bits per heavy atom. The van der Waals surface area contributed by atoms with E-state index in [2.05, 4.69) is 5.10 Å². The monoisotopic (exact) mass is 439 g/mol. The molecule has 1 N–H and O–H groups in total. The lowest BCUT2D eigenvalue weighted by Gasteiger charge is -2.39. The van der Waals surface area contributed by atoms with Gasteiger partial charge in [0.05, 0.1) is 12.2 Å². The Kier molecular flexibility index (Phi) is 5.78. The summed E-state index contributed by atoms with van der Waals surface area (Å²) >= 11 is 0. The van der Waals surface area contributed by atoms with Gasteiger partial charge in [0, 0.05) is 19.0 Å². The highest BCUT2D eigenvalue weighted by Gasteiger charge is 2.39. The molecule has 0 aliphatic carbocycles. The van der Waals surface area contributed by atoms with E-state index in [0.29, 0.717) is 17.7 Å². The number of fused-ring (bicyclic) bond motifs is 1. The Balaban J connectivity index is 1.95. The number of aromatic nitrogens is 2. The summed E-state index contributed by atoms with van der Waals surface area (Å²) in [5.74, 6) is -2.57. The summed E-state index contributed by atoms with van der Waals surface area (Å²) in [6.45, 7) is 4.47. The molecule has 0 radical (unpaired) electrons. The van der Waals surface area contributed by atoms with Gasteiger partial charge in [-0.3, -0.25) is 14.3 Å². The van der Waals surface area contributed by atoms with E-state index < -0.39 is 40.7 Å². The number of benzene rings is 2. The van der Waals surface area contributed by atoms with E-state index >= 15 is 0 Å². The summed E-state index contributed by atoms with van der Waals surface area (Å²) in [7, 11) is 0. The summed E-state index contributed by atoms with van der Waals surface area (Å²) in [5.41, 5.74) is 0.144. The molecule has 0 saturated carbocycles. The molecule has 32 heavy (non-hydrogen) atoms. The van der Waals surface area contributed by atoms with E-state index in [4.69, 9.17) is 0 Å². The molecule has 0 unspecified atom stereocenters. The first-order valence-electron chi connectivity index (χ1n) is 10.4. The summed E-state index contributed by atoms with van der Waals surface area (Å²) in [5, 5.41) is 14.6. The third-order valence-electron chi connectivity index (χ3n) is 5.58. The molecule has 6 nitrogen and oxygen atoms in total. The zero-order valence-electron chi connectivity index (χ0n) is 17.7. The first-order valence-corrected chi connectivity index (χ1v) is 10.4. The van der Waals surface area contributed by atoms with Gasteiger partial charge < -0.3 is 10.0 Å². The highest BCUT2D eigenvalue weighted by molar-refractivity contribution is 5.95. The maximum absolute atomic E-state index is 14.2. The number of carbonyl (C=O) groups is 1. The molecular weight excluding hydrogens is 416 g/mol. The second kappa shape index (κ2) is 8.53. The van der Waals surface area contributed by atoms with Gasteiger partial charge >= 0.3 is 0 Å². The highest BCUT2D eigenvalue weighted by atomic mass is 19.1. The average molecular weight is 439 g/mol. The van der Waals surface area contributed by atoms with Crippen molar-refractivity contribution in [3.8, 4) is 5.75 Å². The quantitative estimate of drug-likeness (QED) is 0.658. The minimum Gasteiger partial charge on any atom is -0.502 e. The van der Waals surface area contributed by atoms with E-state index in [1.165, 1.54) is 28.9 Å². The second-order valence-electron chi connectivity index (χ2n) is 8.41. The summed E-state index contributed by atoms with van der Waals surface area (Å²) in [6.07, 6.45) is 0.950. The Labute approximate surface area is 183 Å². The van der Waals surface area contributed by atoms with E-state index in [0.717, 1.165) is 6.20 Å². The smallest absolute Gasteiger partial charge is 0.276 e. The Morgan fingerprint density at radius 3 is 2.19 bits per heavy atom. The fourth-order valence-electron chi connectivity index (χ4n) is 4.33. The Bertz CT molecular complexity index is 1180. The van der Waals surface area contributed by atoms with Gasteiger partial charge in [-0.1, -0.05) is 38.1 Å². The van der Waals surface area contributed by atoms with Crippen molar-refractivity contribution in [1.29, 1.82) is 0 Å². The zero-order valence-corrected chi connectivity index (χ0v) is 17.7. The van der Waals surface area contributed by atoms with Crippen molar-refractivity contribution in [1.82, 2.24) is 14.7 Å². The zero-order chi connectivity index (χ0) is 23.0. The van der Waals surface area contributed by atoms with E-state index in [9.17, 15) is 23.5 Å². The molecule has 4 rings (SSSR count). The maximum atomic E-state index is 14.2. The predicted octanol–water partition coefficient (Wildman–Crippen LogP) is 3.71. The van der Waals surface area contributed by atoms with Gasteiger partial charge in [0.15, 0.2) is 11.4 Å². The molecule has 2 aromatic carbocycles. The standard InChI is InChI=1S/C24H23F2N3O3/c1-14(2)12-28-13-19(29-22(24(28)32)23(31)20(30)11-27-29)21(15-5-3-7-17(25)9-15)16-6-4-8-18(26)10-16/h3-11,14,19,21,31H,12-13H2,1-2H3/t19-/m1/s1. The van der Waals surface area contributed by atoms with Crippen molar-refractivity contribution >= 4 is 5.91 Å². The summed E-state index contributed by atoms with van der Waals surface area (Å²) in [4.78, 5) is 26.7. The Morgan fingerprint density at radius 2 is 1.66 bits per heavy atom. The molecule has 0 fully saturated rings. The van der Waals surface area contributed by atoms with Crippen LogP contribution in [0.15, 0.2) is 59.5 Å². The number of hydrogen-bond acceptors (Lipinski definition) is 4. The highest BCUT2D eigenvalue weighted by Crippen LogP contribution is 2.39. The van der Waals surface area contributed by atoms with Crippen LogP contribution in [-0.2, 0) is 0 Å². The molecule has 0 spiro atoms. The number of nitrogens with zero attached hydrogens (tertiary/aromatic N) is 3. The van der Waals surface area contributed by atoms with Crippen LogP contribution in [0.2, 0.25) is 0 Å². The van der Waals surface area contributed by atoms with Crippen LogP contribution in [0.25, 0.3) is 0 Å². The fraction of sp³-hybridized carbons (Fsp3) is 0.292. The van der Waals surface area contributed by atoms with Gasteiger partial charge in [-0.05, 0) is 41.3 Å². The third-order valence-corrected chi connectivity index (χ3v) is 5.58. The average Bonchev–Trinajstić information content (AvgIpc) is 2.73. The number of carbonyl (C=O) groups excluding carboxylic acids is 1. The third kappa shape index (κ3) is 4.00. The number of hydrogen-bond donors (Lipinski definition) is 1. The van der Waals surface area contributed by atoms with E-state index in [1.54, 1.807) is 29.2 Å². The number of aromatic hydroxyl groups is 1. The van der Waals surface area contributed by atoms with Crippen molar-refractivity contribution in [2.75, 3.05) is 13.1 Å². The van der Waals surface area contributed by atoms with Gasteiger partial charge in [-0.15, -0.1) is 0 Å². The van der Waals surface area contributed by atoms with Gasteiger partial charge in [0.2, 0.25) is 5.43 Å². The molecule has 1 aliphatic heterocycles. The number of amides is 1. The molecule has 1 aliphatic rings. The normalized spacial score (nSPS) is 16.0. The van der Waals surface area contributed by atoms with Gasteiger partial charge in [0.25, 0.3) is 5.91 Å². The maximum Gasteiger partial charge on any atom is 0.276 e. The second-order valence-corrected chi connectivity index (χ2v) is 8.41. The van der Waals surface area contributed by atoms with E-state index in [-0.39, 0.29) is 18.2 Å². The van der Waals surface area contributed by atoms with Crippen LogP contribution < -0.4 is 5.43 Å². The van der Waals surface area contributed by atoms with Crippen molar-refractivity contribution in [3.05, 3.63) is 93.4 Å². The number of halogens is 2. The molecule has 8 heteroatoms. The molecular formula is C24H23F2N3O3. The first-order chi connectivity index (χ1) is 15.3. The van der Waals surface area contributed by atoms with Crippen LogP contribution in [0.3, 0.4) is 0 Å². The molecule has 1 aromatic heterocycles.